The van der Waals surface area contributed by atoms with Gasteiger partial charge in [0.1, 0.15) is 6.79 Å². The number of hydrogen-bond donors (Lipinski definition) is 0. The van der Waals surface area contributed by atoms with Crippen LogP contribution in [0.2, 0.25) is 0 Å². The van der Waals surface area contributed by atoms with Crippen LogP contribution < -0.4 is 0 Å². The highest BCUT2D eigenvalue weighted by Gasteiger charge is 2.24. The van der Waals surface area contributed by atoms with E-state index < -0.39 is 0 Å². The largest absolute Gasteiger partial charge is 0.307 e. The van der Waals surface area contributed by atoms with Gasteiger partial charge in [-0.2, -0.15) is 0 Å². The highest BCUT2D eigenvalue weighted by Crippen LogP contribution is 2.23. The Morgan fingerprint density at radius 1 is 1.00 bits per heavy atom. The van der Waals surface area contributed by atoms with Crippen molar-refractivity contribution in [3.63, 3.8) is 0 Å². The molecule has 1 saturated heterocycles. The molecule has 2 rings (SSSR count). The molecule has 2 aliphatic rings. The predicted molar refractivity (Wildman–Crippen MR) is 58.4 cm³/mol. The van der Waals surface area contributed by atoms with E-state index in [1.54, 1.807) is 0 Å². The molecular formula is C11H22N2O. The molecule has 0 unspecified atom stereocenters. The van der Waals surface area contributed by atoms with Crippen molar-refractivity contribution >= 4 is 6.79 Å². The van der Waals surface area contributed by atoms with E-state index in [0.717, 1.165) is 6.04 Å². The lowest BCUT2D eigenvalue weighted by Crippen LogP contribution is -2.48. The lowest BCUT2D eigenvalue weighted by molar-refractivity contribution is -0.0979. The van der Waals surface area contributed by atoms with Crippen molar-refractivity contribution in [1.29, 1.82) is 0 Å². The minimum absolute atomic E-state index is 0.943. The SMILES string of the molecule is C=O.CN1CCN(C2CCCC2)CC1. The topological polar surface area (TPSA) is 23.6 Å². The van der Waals surface area contributed by atoms with Crippen LogP contribution in [0.15, 0.2) is 0 Å². The van der Waals surface area contributed by atoms with Gasteiger partial charge in [0, 0.05) is 32.2 Å². The standard InChI is InChI=1S/C10H20N2.CH2O/c1-11-6-8-12(9-7-11)10-4-2-3-5-10;1-2/h10H,2-9H2,1H3;1H2. The van der Waals surface area contributed by atoms with Gasteiger partial charge in [-0.05, 0) is 19.9 Å². The summed E-state index contributed by atoms with van der Waals surface area (Å²) in [4.78, 5) is 13.1. The van der Waals surface area contributed by atoms with Crippen molar-refractivity contribution in [3.05, 3.63) is 0 Å². The van der Waals surface area contributed by atoms with Crippen LogP contribution >= 0.6 is 0 Å². The Balaban J connectivity index is 0.000000461. The van der Waals surface area contributed by atoms with Gasteiger partial charge in [0.2, 0.25) is 0 Å². The fourth-order valence-electron chi connectivity index (χ4n) is 2.46. The van der Waals surface area contributed by atoms with Gasteiger partial charge in [0.25, 0.3) is 0 Å². The van der Waals surface area contributed by atoms with E-state index in [-0.39, 0.29) is 0 Å². The molecule has 0 aromatic rings. The molecule has 1 aliphatic carbocycles. The first-order valence-corrected chi connectivity index (χ1v) is 5.58. The summed E-state index contributed by atoms with van der Waals surface area (Å²) in [5.41, 5.74) is 0. The average Bonchev–Trinajstić information content (AvgIpc) is 2.75. The first kappa shape index (κ1) is 11.7. The number of carbonyl (C=O) groups is 1. The summed E-state index contributed by atoms with van der Waals surface area (Å²) in [7, 11) is 2.23. The van der Waals surface area contributed by atoms with Crippen molar-refractivity contribution in [3.8, 4) is 0 Å². The molecule has 0 bridgehead atoms. The Labute approximate surface area is 87.1 Å². The second-order valence-corrected chi connectivity index (χ2v) is 4.28. The van der Waals surface area contributed by atoms with Crippen LogP contribution in [0.4, 0.5) is 0 Å². The maximum Gasteiger partial charge on any atom is 0.106 e. The highest BCUT2D eigenvalue weighted by molar-refractivity contribution is 5.10. The first-order valence-electron chi connectivity index (χ1n) is 5.58. The summed E-state index contributed by atoms with van der Waals surface area (Å²) in [5, 5.41) is 0. The van der Waals surface area contributed by atoms with Crippen molar-refractivity contribution < 1.29 is 4.79 Å². The van der Waals surface area contributed by atoms with Gasteiger partial charge < -0.3 is 9.69 Å². The third kappa shape index (κ3) is 3.07. The molecular weight excluding hydrogens is 176 g/mol. The van der Waals surface area contributed by atoms with Crippen LogP contribution in [0.3, 0.4) is 0 Å². The predicted octanol–water partition coefficient (Wildman–Crippen LogP) is 0.991. The maximum atomic E-state index is 8.00. The molecule has 0 atom stereocenters. The first-order chi connectivity index (χ1) is 6.86. The third-order valence-electron chi connectivity index (χ3n) is 3.38. The lowest BCUT2D eigenvalue weighted by atomic mass is 10.2. The summed E-state index contributed by atoms with van der Waals surface area (Å²) in [5.74, 6) is 0. The second kappa shape index (κ2) is 6.14. The van der Waals surface area contributed by atoms with Crippen LogP contribution in [0.25, 0.3) is 0 Å². The van der Waals surface area contributed by atoms with Gasteiger partial charge in [0.15, 0.2) is 0 Å². The van der Waals surface area contributed by atoms with E-state index in [1.165, 1.54) is 51.9 Å². The molecule has 0 aromatic heterocycles. The van der Waals surface area contributed by atoms with Crippen molar-refractivity contribution in [2.45, 2.75) is 31.7 Å². The van der Waals surface area contributed by atoms with E-state index in [0.29, 0.717) is 0 Å². The summed E-state index contributed by atoms with van der Waals surface area (Å²) in [6.45, 7) is 7.16. The minimum Gasteiger partial charge on any atom is -0.307 e. The van der Waals surface area contributed by atoms with E-state index in [1.807, 2.05) is 6.79 Å². The summed E-state index contributed by atoms with van der Waals surface area (Å²) >= 11 is 0. The quantitative estimate of drug-likeness (QED) is 0.628. The number of likely N-dealkylation sites (N-methyl/N-ethyl adjacent to an activating group) is 1. The van der Waals surface area contributed by atoms with Crippen molar-refractivity contribution in [1.82, 2.24) is 9.80 Å². The molecule has 1 saturated carbocycles. The number of piperazine rings is 1. The Bertz CT molecular complexity index is 149. The van der Waals surface area contributed by atoms with Crippen molar-refractivity contribution in [2.75, 3.05) is 33.2 Å². The van der Waals surface area contributed by atoms with Crippen LogP contribution in [-0.4, -0.2) is 55.9 Å². The van der Waals surface area contributed by atoms with Gasteiger partial charge in [-0.3, -0.25) is 4.90 Å². The molecule has 2 fully saturated rings. The van der Waals surface area contributed by atoms with E-state index in [9.17, 15) is 0 Å². The van der Waals surface area contributed by atoms with Gasteiger partial charge in [-0.1, -0.05) is 12.8 Å². The maximum absolute atomic E-state index is 8.00. The Morgan fingerprint density at radius 3 is 2.00 bits per heavy atom. The zero-order chi connectivity index (χ0) is 10.4. The van der Waals surface area contributed by atoms with E-state index in [4.69, 9.17) is 4.79 Å². The van der Waals surface area contributed by atoms with E-state index >= 15 is 0 Å². The molecule has 1 heterocycles. The smallest absolute Gasteiger partial charge is 0.106 e. The Morgan fingerprint density at radius 2 is 1.50 bits per heavy atom. The number of nitrogens with zero attached hydrogens (tertiary/aromatic N) is 2. The van der Waals surface area contributed by atoms with Crippen LogP contribution in [0.5, 0.6) is 0 Å². The minimum atomic E-state index is 0.943. The zero-order valence-electron chi connectivity index (χ0n) is 9.24. The summed E-state index contributed by atoms with van der Waals surface area (Å²) in [6, 6.07) is 0.943. The Kier molecular flexibility index (Phi) is 5.12. The number of carbonyl (C=O) groups excluding carboxylic acids is 1. The number of rotatable bonds is 1. The van der Waals surface area contributed by atoms with Gasteiger partial charge >= 0.3 is 0 Å². The summed E-state index contributed by atoms with van der Waals surface area (Å²) in [6.07, 6.45) is 5.86. The average molecular weight is 198 g/mol. The number of hydrogen-bond acceptors (Lipinski definition) is 3. The monoisotopic (exact) mass is 198 g/mol. The van der Waals surface area contributed by atoms with Crippen LogP contribution in [0, 0.1) is 0 Å². The molecule has 14 heavy (non-hydrogen) atoms. The van der Waals surface area contributed by atoms with Crippen molar-refractivity contribution in [2.24, 2.45) is 0 Å². The lowest BCUT2D eigenvalue weighted by Gasteiger charge is -2.36. The Hall–Kier alpha value is -0.410. The molecule has 0 aromatic carbocycles. The van der Waals surface area contributed by atoms with Gasteiger partial charge in [-0.25, -0.2) is 0 Å². The van der Waals surface area contributed by atoms with Gasteiger partial charge in [-0.15, -0.1) is 0 Å². The summed E-state index contributed by atoms with van der Waals surface area (Å²) < 4.78 is 0. The molecule has 1 aliphatic heterocycles. The molecule has 82 valence electrons. The molecule has 0 amide bonds. The molecule has 3 heteroatoms. The molecule has 0 radical (unpaired) electrons. The fourth-order valence-corrected chi connectivity index (χ4v) is 2.46. The molecule has 0 N–H and O–H groups in total. The fraction of sp³-hybridized carbons (Fsp3) is 0.909. The zero-order valence-corrected chi connectivity index (χ0v) is 9.24. The molecule has 0 spiro atoms. The third-order valence-corrected chi connectivity index (χ3v) is 3.38. The van der Waals surface area contributed by atoms with Crippen LogP contribution in [-0.2, 0) is 4.79 Å². The van der Waals surface area contributed by atoms with Crippen LogP contribution in [0.1, 0.15) is 25.7 Å². The van der Waals surface area contributed by atoms with E-state index in [2.05, 4.69) is 16.8 Å². The molecule has 3 nitrogen and oxygen atoms in total. The van der Waals surface area contributed by atoms with Gasteiger partial charge in [0.05, 0.1) is 0 Å². The normalized spacial score (nSPS) is 25.8. The highest BCUT2D eigenvalue weighted by atomic mass is 16.1. The second-order valence-electron chi connectivity index (χ2n) is 4.28.